The Hall–Kier alpha value is -2.23. The van der Waals surface area contributed by atoms with E-state index in [4.69, 9.17) is 0 Å². The van der Waals surface area contributed by atoms with Gasteiger partial charge in [0, 0.05) is 28.8 Å². The van der Waals surface area contributed by atoms with Crippen molar-refractivity contribution in [3.05, 3.63) is 46.0 Å². The second-order valence-electron chi connectivity index (χ2n) is 5.52. The summed E-state index contributed by atoms with van der Waals surface area (Å²) in [6, 6.07) is 5.07. The van der Waals surface area contributed by atoms with Gasteiger partial charge in [0.1, 0.15) is 5.82 Å². The fourth-order valence-corrected chi connectivity index (χ4v) is 3.17. The molecule has 3 aromatic heterocycles. The van der Waals surface area contributed by atoms with Crippen LogP contribution >= 0.6 is 15.9 Å². The van der Waals surface area contributed by atoms with E-state index < -0.39 is 12.0 Å². The van der Waals surface area contributed by atoms with Crippen molar-refractivity contribution in [2.24, 2.45) is 0 Å². The van der Waals surface area contributed by atoms with Crippen molar-refractivity contribution in [2.45, 2.75) is 25.1 Å². The molecule has 1 aliphatic rings. The minimum absolute atomic E-state index is 0.0255. The third-order valence-electron chi connectivity index (χ3n) is 3.80. The first kappa shape index (κ1) is 15.3. The molecule has 0 aliphatic heterocycles. The van der Waals surface area contributed by atoms with E-state index in [1.165, 1.54) is 6.07 Å². The zero-order chi connectivity index (χ0) is 16.9. The van der Waals surface area contributed by atoms with Gasteiger partial charge in [0.05, 0.1) is 0 Å². The third kappa shape index (κ3) is 2.70. The van der Waals surface area contributed by atoms with E-state index in [2.05, 4.69) is 41.5 Å². The fourth-order valence-electron chi connectivity index (χ4n) is 2.79. The zero-order valence-electron chi connectivity index (χ0n) is 12.0. The lowest BCUT2D eigenvalue weighted by Crippen LogP contribution is -2.21. The summed E-state index contributed by atoms with van der Waals surface area (Å²) in [5, 5.41) is 13.8. The molecule has 0 amide bonds. The number of nitrogens with zero attached hydrogens (tertiary/aromatic N) is 5. The number of pyridine rings is 1. The van der Waals surface area contributed by atoms with Crippen LogP contribution in [0.5, 0.6) is 0 Å². The van der Waals surface area contributed by atoms with E-state index in [1.807, 2.05) is 6.07 Å². The molecule has 0 bridgehead atoms. The molecular weight excluding hydrogens is 389 g/mol. The Morgan fingerprint density at radius 2 is 2.04 bits per heavy atom. The number of nitrogens with one attached hydrogen (secondary N) is 1. The highest BCUT2D eigenvalue weighted by molar-refractivity contribution is 9.10. The monoisotopic (exact) mass is 398 g/mol. The van der Waals surface area contributed by atoms with E-state index in [-0.39, 0.29) is 11.7 Å². The van der Waals surface area contributed by atoms with Gasteiger partial charge in [0.25, 0.3) is 5.82 Å². The Balaban J connectivity index is 1.60. The first-order valence-electron chi connectivity index (χ1n) is 7.09. The molecular formula is C14H10BrF3N6. The van der Waals surface area contributed by atoms with Gasteiger partial charge in [-0.3, -0.25) is 4.98 Å². The normalized spacial score (nSPS) is 17.2. The predicted octanol–water partition coefficient (Wildman–Crippen LogP) is 2.88. The van der Waals surface area contributed by atoms with Gasteiger partial charge >= 0.3 is 6.18 Å². The Morgan fingerprint density at radius 1 is 1.21 bits per heavy atom. The number of fused-ring (bicyclic) bond motifs is 2. The fraction of sp³-hybridized carbons (Fsp3) is 0.286. The van der Waals surface area contributed by atoms with Gasteiger partial charge in [-0.05, 0) is 46.1 Å². The standard InChI is InChI=1S/C14H10BrF3N6/c15-8-3-7-4-9(5-10(7)19-6-8)20-11-1-2-12-21-22-13(14(16,17)18)24(12)23-11/h1-3,6,9H,4-5H2,(H,20,23). The smallest absolute Gasteiger partial charge is 0.365 e. The Bertz CT molecular complexity index is 923. The summed E-state index contributed by atoms with van der Waals surface area (Å²) in [6.45, 7) is 0. The molecule has 4 rings (SSSR count). The van der Waals surface area contributed by atoms with Gasteiger partial charge in [0.15, 0.2) is 5.65 Å². The molecule has 0 radical (unpaired) electrons. The van der Waals surface area contributed by atoms with E-state index in [1.54, 1.807) is 12.3 Å². The average molecular weight is 399 g/mol. The summed E-state index contributed by atoms with van der Waals surface area (Å²) in [5.74, 6) is -0.800. The minimum atomic E-state index is -4.61. The van der Waals surface area contributed by atoms with Crippen LogP contribution in [0.3, 0.4) is 0 Å². The molecule has 10 heteroatoms. The molecule has 1 aliphatic carbocycles. The van der Waals surface area contributed by atoms with E-state index >= 15 is 0 Å². The number of anilines is 1. The second-order valence-corrected chi connectivity index (χ2v) is 6.43. The minimum Gasteiger partial charge on any atom is -0.365 e. The average Bonchev–Trinajstić information content (AvgIpc) is 3.09. The highest BCUT2D eigenvalue weighted by Gasteiger charge is 2.37. The summed E-state index contributed by atoms with van der Waals surface area (Å²) < 4.78 is 40.3. The molecule has 3 aromatic rings. The summed E-state index contributed by atoms with van der Waals surface area (Å²) in [4.78, 5) is 4.36. The molecule has 0 saturated carbocycles. The molecule has 0 saturated heterocycles. The van der Waals surface area contributed by atoms with Crippen LogP contribution in [0.1, 0.15) is 17.1 Å². The van der Waals surface area contributed by atoms with Crippen LogP contribution in [-0.4, -0.2) is 30.8 Å². The number of hydrogen-bond acceptors (Lipinski definition) is 5. The van der Waals surface area contributed by atoms with Crippen LogP contribution in [0.2, 0.25) is 0 Å². The lowest BCUT2D eigenvalue weighted by molar-refractivity contribution is -0.146. The lowest BCUT2D eigenvalue weighted by atomic mass is 10.2. The van der Waals surface area contributed by atoms with Crippen molar-refractivity contribution < 1.29 is 13.2 Å². The van der Waals surface area contributed by atoms with Crippen molar-refractivity contribution in [1.82, 2.24) is 24.8 Å². The molecule has 6 nitrogen and oxygen atoms in total. The molecule has 1 N–H and O–H groups in total. The molecule has 3 heterocycles. The first-order valence-corrected chi connectivity index (χ1v) is 7.89. The molecule has 124 valence electrons. The van der Waals surface area contributed by atoms with Crippen molar-refractivity contribution in [1.29, 1.82) is 0 Å². The first-order chi connectivity index (χ1) is 11.4. The number of rotatable bonds is 2. The van der Waals surface area contributed by atoms with Crippen LogP contribution < -0.4 is 5.32 Å². The van der Waals surface area contributed by atoms with Crippen LogP contribution in [-0.2, 0) is 19.0 Å². The highest BCUT2D eigenvalue weighted by Crippen LogP contribution is 2.28. The van der Waals surface area contributed by atoms with E-state index in [0.717, 1.165) is 22.2 Å². The molecule has 1 atom stereocenters. The van der Waals surface area contributed by atoms with Gasteiger partial charge in [0.2, 0.25) is 0 Å². The van der Waals surface area contributed by atoms with E-state index in [0.29, 0.717) is 16.8 Å². The maximum atomic E-state index is 12.9. The number of aromatic nitrogens is 5. The van der Waals surface area contributed by atoms with Gasteiger partial charge in [-0.2, -0.15) is 17.7 Å². The number of alkyl halides is 3. The van der Waals surface area contributed by atoms with Gasteiger partial charge in [-0.1, -0.05) is 0 Å². The molecule has 1 unspecified atom stereocenters. The van der Waals surface area contributed by atoms with Crippen LogP contribution in [0.4, 0.5) is 19.0 Å². The summed E-state index contributed by atoms with van der Waals surface area (Å²) in [7, 11) is 0. The van der Waals surface area contributed by atoms with Crippen LogP contribution in [0, 0.1) is 0 Å². The molecule has 24 heavy (non-hydrogen) atoms. The number of halogens is 4. The molecule has 0 aromatic carbocycles. The summed E-state index contributed by atoms with van der Waals surface area (Å²) >= 11 is 3.38. The van der Waals surface area contributed by atoms with Gasteiger partial charge < -0.3 is 5.32 Å². The highest BCUT2D eigenvalue weighted by atomic mass is 79.9. The van der Waals surface area contributed by atoms with Crippen molar-refractivity contribution in [3.63, 3.8) is 0 Å². The summed E-state index contributed by atoms with van der Waals surface area (Å²) in [6.07, 6.45) is -1.45. The van der Waals surface area contributed by atoms with Gasteiger partial charge in [-0.25, -0.2) is 0 Å². The molecule has 0 spiro atoms. The van der Waals surface area contributed by atoms with E-state index in [9.17, 15) is 13.2 Å². The van der Waals surface area contributed by atoms with Crippen molar-refractivity contribution in [2.75, 3.05) is 5.32 Å². The molecule has 0 fully saturated rings. The predicted molar refractivity (Wildman–Crippen MR) is 82.5 cm³/mol. The third-order valence-corrected chi connectivity index (χ3v) is 4.23. The van der Waals surface area contributed by atoms with Crippen LogP contribution in [0.15, 0.2) is 28.9 Å². The van der Waals surface area contributed by atoms with Gasteiger partial charge in [-0.15, -0.1) is 15.3 Å². The maximum Gasteiger partial charge on any atom is 0.453 e. The van der Waals surface area contributed by atoms with Crippen molar-refractivity contribution in [3.8, 4) is 0 Å². The SMILES string of the molecule is FC(F)(F)c1nnc2ccc(NC3Cc4cc(Br)cnc4C3)nn12. The topological polar surface area (TPSA) is 68.0 Å². The second kappa shape index (κ2) is 5.40. The Kier molecular flexibility index (Phi) is 3.44. The Labute approximate surface area is 142 Å². The quantitative estimate of drug-likeness (QED) is 0.718. The van der Waals surface area contributed by atoms with Crippen molar-refractivity contribution >= 4 is 27.4 Å². The lowest BCUT2D eigenvalue weighted by Gasteiger charge is -2.12. The summed E-state index contributed by atoms with van der Waals surface area (Å²) in [5.41, 5.74) is 2.15. The zero-order valence-corrected chi connectivity index (χ0v) is 13.6. The maximum absolute atomic E-state index is 12.9. The largest absolute Gasteiger partial charge is 0.453 e. The van der Waals surface area contributed by atoms with Crippen LogP contribution in [0.25, 0.3) is 5.65 Å². The Morgan fingerprint density at radius 3 is 2.83 bits per heavy atom. The number of hydrogen-bond donors (Lipinski definition) is 1.